The topological polar surface area (TPSA) is 73.7 Å². The first-order valence-electron chi connectivity index (χ1n) is 13.5. The lowest BCUT2D eigenvalue weighted by atomic mass is 10.1. The van der Waals surface area contributed by atoms with Crippen molar-refractivity contribution in [2.45, 2.75) is 25.8 Å². The molecular formula is C29H33FN6O2. The van der Waals surface area contributed by atoms with E-state index in [4.69, 9.17) is 4.98 Å². The number of carbonyl (C=O) groups excluding carboxylic acids is 1. The molecule has 4 heterocycles. The molecule has 3 aliphatic rings. The SMILES string of the molecule is CN1CCN(c2cc3nc4n(c(=O)c3cc2F)CC/C4=C\c2ccc(NC(=O)CN3CCCC3)cc2)CC1. The molecular weight excluding hydrogens is 483 g/mol. The minimum Gasteiger partial charge on any atom is -0.367 e. The van der Waals surface area contributed by atoms with Crippen LogP contribution in [0.4, 0.5) is 15.8 Å². The van der Waals surface area contributed by atoms with Crippen molar-refractivity contribution in [3.05, 3.63) is 64.0 Å². The Hall–Kier alpha value is -3.56. The summed E-state index contributed by atoms with van der Waals surface area (Å²) in [5.74, 6) is 0.273. The first-order valence-corrected chi connectivity index (χ1v) is 13.5. The van der Waals surface area contributed by atoms with Crippen molar-refractivity contribution in [2.24, 2.45) is 0 Å². The number of likely N-dealkylation sites (N-methyl/N-ethyl adjacent to an activating group) is 1. The van der Waals surface area contributed by atoms with Gasteiger partial charge in [0.15, 0.2) is 0 Å². The Balaban J connectivity index is 1.24. The van der Waals surface area contributed by atoms with Gasteiger partial charge in [-0.05, 0) is 80.9 Å². The summed E-state index contributed by atoms with van der Waals surface area (Å²) in [6.45, 7) is 6.13. The summed E-state index contributed by atoms with van der Waals surface area (Å²) < 4.78 is 16.7. The number of nitrogens with one attached hydrogen (secondary N) is 1. The second kappa shape index (κ2) is 10.3. The van der Waals surface area contributed by atoms with E-state index in [0.29, 0.717) is 41.9 Å². The van der Waals surface area contributed by atoms with Crippen molar-refractivity contribution >= 4 is 39.8 Å². The molecule has 2 saturated heterocycles. The first-order chi connectivity index (χ1) is 18.4. The van der Waals surface area contributed by atoms with Gasteiger partial charge in [-0.25, -0.2) is 9.37 Å². The minimum absolute atomic E-state index is 0.00515. The number of piperazine rings is 1. The van der Waals surface area contributed by atoms with E-state index in [2.05, 4.69) is 22.2 Å². The molecule has 0 saturated carbocycles. The van der Waals surface area contributed by atoms with E-state index in [1.54, 1.807) is 10.6 Å². The van der Waals surface area contributed by atoms with Gasteiger partial charge in [-0.1, -0.05) is 12.1 Å². The fourth-order valence-corrected chi connectivity index (χ4v) is 5.66. The lowest BCUT2D eigenvalue weighted by Crippen LogP contribution is -2.44. The zero-order valence-corrected chi connectivity index (χ0v) is 21.8. The van der Waals surface area contributed by atoms with Gasteiger partial charge in [-0.15, -0.1) is 0 Å². The molecule has 3 aromatic rings. The first kappa shape index (κ1) is 24.8. The number of fused-ring (bicyclic) bond motifs is 2. The van der Waals surface area contributed by atoms with E-state index in [-0.39, 0.29) is 17.3 Å². The second-order valence-electron chi connectivity index (χ2n) is 10.6. The fourth-order valence-electron chi connectivity index (χ4n) is 5.66. The Bertz CT molecular complexity index is 1450. The van der Waals surface area contributed by atoms with Crippen LogP contribution < -0.4 is 15.8 Å². The number of aromatic nitrogens is 2. The Kier molecular flexibility index (Phi) is 6.71. The third kappa shape index (κ3) is 4.96. The van der Waals surface area contributed by atoms with Gasteiger partial charge in [0.05, 0.1) is 23.1 Å². The van der Waals surface area contributed by atoms with E-state index < -0.39 is 0 Å². The third-order valence-electron chi connectivity index (χ3n) is 7.86. The lowest BCUT2D eigenvalue weighted by molar-refractivity contribution is -0.117. The van der Waals surface area contributed by atoms with E-state index in [1.165, 1.54) is 6.07 Å². The zero-order chi connectivity index (χ0) is 26.2. The van der Waals surface area contributed by atoms with Crippen LogP contribution >= 0.6 is 0 Å². The van der Waals surface area contributed by atoms with Gasteiger partial charge in [-0.3, -0.25) is 19.1 Å². The largest absolute Gasteiger partial charge is 0.367 e. The average Bonchev–Trinajstić information content (AvgIpc) is 3.56. The van der Waals surface area contributed by atoms with E-state index in [9.17, 15) is 9.59 Å². The minimum atomic E-state index is -0.372. The highest BCUT2D eigenvalue weighted by atomic mass is 19.1. The Morgan fingerprint density at radius 2 is 1.76 bits per heavy atom. The molecule has 1 N–H and O–H groups in total. The predicted molar refractivity (Wildman–Crippen MR) is 149 cm³/mol. The van der Waals surface area contributed by atoms with Crippen molar-refractivity contribution in [3.8, 4) is 0 Å². The summed E-state index contributed by atoms with van der Waals surface area (Å²) in [6.07, 6.45) is 5.04. The number of carbonyl (C=O) groups is 1. The number of rotatable bonds is 5. The predicted octanol–water partition coefficient (Wildman–Crippen LogP) is 3.27. The number of halogens is 1. The maximum atomic E-state index is 15.0. The summed E-state index contributed by atoms with van der Waals surface area (Å²) >= 11 is 0. The van der Waals surface area contributed by atoms with Crippen molar-refractivity contribution in [1.29, 1.82) is 0 Å². The van der Waals surface area contributed by atoms with Gasteiger partial charge in [0.2, 0.25) is 5.91 Å². The highest BCUT2D eigenvalue weighted by Gasteiger charge is 2.24. The number of hydrogen-bond acceptors (Lipinski definition) is 6. The summed E-state index contributed by atoms with van der Waals surface area (Å²) in [5, 5.41) is 3.29. The third-order valence-corrected chi connectivity index (χ3v) is 7.86. The van der Waals surface area contributed by atoms with Gasteiger partial charge in [-0.2, -0.15) is 0 Å². The van der Waals surface area contributed by atoms with Crippen LogP contribution in [-0.2, 0) is 11.3 Å². The molecule has 1 amide bonds. The molecule has 0 atom stereocenters. The van der Waals surface area contributed by atoms with Crippen LogP contribution in [0, 0.1) is 5.82 Å². The smallest absolute Gasteiger partial charge is 0.261 e. The quantitative estimate of drug-likeness (QED) is 0.561. The Morgan fingerprint density at radius 3 is 2.50 bits per heavy atom. The summed E-state index contributed by atoms with van der Waals surface area (Å²) in [7, 11) is 2.06. The van der Waals surface area contributed by atoms with E-state index in [1.807, 2.05) is 35.2 Å². The van der Waals surface area contributed by atoms with Crippen LogP contribution in [0.1, 0.15) is 30.7 Å². The number of hydrogen-bond donors (Lipinski definition) is 1. The van der Waals surface area contributed by atoms with Crippen LogP contribution in [0.5, 0.6) is 0 Å². The maximum Gasteiger partial charge on any atom is 0.261 e. The number of likely N-dealkylation sites (tertiary alicyclic amines) is 1. The van der Waals surface area contributed by atoms with Crippen LogP contribution in [-0.4, -0.2) is 78.1 Å². The van der Waals surface area contributed by atoms with Crippen LogP contribution in [0.2, 0.25) is 0 Å². The molecule has 2 aromatic carbocycles. The highest BCUT2D eigenvalue weighted by molar-refractivity contribution is 5.92. The summed E-state index contributed by atoms with van der Waals surface area (Å²) in [4.78, 5) is 36.8. The Morgan fingerprint density at radius 1 is 1.03 bits per heavy atom. The van der Waals surface area contributed by atoms with Crippen molar-refractivity contribution < 1.29 is 9.18 Å². The van der Waals surface area contributed by atoms with Crippen molar-refractivity contribution in [2.75, 3.05) is 63.1 Å². The highest BCUT2D eigenvalue weighted by Crippen LogP contribution is 2.30. The maximum absolute atomic E-state index is 15.0. The molecule has 0 spiro atoms. The summed E-state index contributed by atoms with van der Waals surface area (Å²) in [5.41, 5.74) is 3.54. The molecule has 198 valence electrons. The average molecular weight is 517 g/mol. The molecule has 0 bridgehead atoms. The molecule has 8 nitrogen and oxygen atoms in total. The number of benzene rings is 2. The number of allylic oxidation sites excluding steroid dienone is 1. The van der Waals surface area contributed by atoms with Crippen LogP contribution in [0.15, 0.2) is 41.2 Å². The van der Waals surface area contributed by atoms with Gasteiger partial charge >= 0.3 is 0 Å². The zero-order valence-electron chi connectivity index (χ0n) is 21.8. The molecule has 2 fully saturated rings. The normalized spacial score (nSPS) is 19.4. The second-order valence-corrected chi connectivity index (χ2v) is 10.6. The van der Waals surface area contributed by atoms with Crippen molar-refractivity contribution in [3.63, 3.8) is 0 Å². The van der Waals surface area contributed by atoms with Crippen molar-refractivity contribution in [1.82, 2.24) is 19.4 Å². The molecule has 1 aromatic heterocycles. The number of nitrogens with zero attached hydrogens (tertiary/aromatic N) is 5. The Labute approximate surface area is 221 Å². The molecule has 0 radical (unpaired) electrons. The summed E-state index contributed by atoms with van der Waals surface area (Å²) in [6, 6.07) is 10.8. The fraction of sp³-hybridized carbons (Fsp3) is 0.414. The van der Waals surface area contributed by atoms with E-state index >= 15 is 4.39 Å². The van der Waals surface area contributed by atoms with Crippen LogP contribution in [0.3, 0.4) is 0 Å². The molecule has 9 heteroatoms. The van der Waals surface area contributed by atoms with Gasteiger partial charge in [0, 0.05) is 38.4 Å². The molecule has 38 heavy (non-hydrogen) atoms. The van der Waals surface area contributed by atoms with Crippen LogP contribution in [0.25, 0.3) is 22.6 Å². The monoisotopic (exact) mass is 516 g/mol. The molecule has 0 aliphatic carbocycles. The lowest BCUT2D eigenvalue weighted by Gasteiger charge is -2.34. The number of amides is 1. The van der Waals surface area contributed by atoms with Gasteiger partial charge in [0.25, 0.3) is 5.56 Å². The molecule has 3 aliphatic heterocycles. The van der Waals surface area contributed by atoms with Gasteiger partial charge in [0.1, 0.15) is 11.6 Å². The van der Waals surface area contributed by atoms with E-state index in [0.717, 1.165) is 68.9 Å². The standard InChI is InChI=1S/C29H33FN6O2/c1-33-12-14-35(15-13-33)26-18-25-23(17-24(26)30)29(38)36-11-8-21(28(36)32-25)16-20-4-6-22(7-5-20)31-27(37)19-34-9-2-3-10-34/h4-7,16-18H,2-3,8-15,19H2,1H3,(H,31,37)/b21-16+. The molecule has 0 unspecified atom stereocenters. The molecule has 6 rings (SSSR count). The van der Waals surface area contributed by atoms with Gasteiger partial charge < -0.3 is 15.1 Å². The number of anilines is 2.